The normalized spacial score (nSPS) is 11.0. The van der Waals surface area contributed by atoms with Gasteiger partial charge in [0.05, 0.1) is 0 Å². The van der Waals surface area contributed by atoms with Crippen molar-refractivity contribution in [2.24, 2.45) is 0 Å². The third-order valence-electron chi connectivity index (χ3n) is 1.87. The van der Waals surface area contributed by atoms with Crippen molar-refractivity contribution >= 4 is 11.9 Å². The van der Waals surface area contributed by atoms with Gasteiger partial charge in [-0.3, -0.25) is 0 Å². The molecule has 0 aliphatic carbocycles. The van der Waals surface area contributed by atoms with Gasteiger partial charge >= 0.3 is 11.9 Å². The first kappa shape index (κ1) is 14.4. The summed E-state index contributed by atoms with van der Waals surface area (Å²) in [5.74, 6) is -1.50. The number of nitrogens with one attached hydrogen (secondary N) is 1. The van der Waals surface area contributed by atoms with Gasteiger partial charge < -0.3 is 15.2 Å². The maximum Gasteiger partial charge on any atom is 0.333 e. The summed E-state index contributed by atoms with van der Waals surface area (Å²) in [4.78, 5) is 21.7. The number of aliphatic carboxylic acids is 1. The van der Waals surface area contributed by atoms with Crippen LogP contribution in [0.15, 0.2) is 23.8 Å². The molecule has 0 heterocycles. The van der Waals surface area contributed by atoms with Gasteiger partial charge in [0.1, 0.15) is 6.61 Å². The summed E-state index contributed by atoms with van der Waals surface area (Å²) in [5, 5.41) is 11.4. The molecule has 90 valence electrons. The second kappa shape index (κ2) is 7.64. The predicted molar refractivity (Wildman–Crippen MR) is 60.0 cm³/mol. The van der Waals surface area contributed by atoms with Crippen LogP contribution >= 0.6 is 0 Å². The Hall–Kier alpha value is -1.62. The van der Waals surface area contributed by atoms with E-state index in [1.807, 2.05) is 0 Å². The SMILES string of the molecule is C=C(CC=C(C)C(=O)O)C(=O)OCCNC. The molecular formula is C11H17NO4. The Morgan fingerprint density at radius 1 is 1.50 bits per heavy atom. The van der Waals surface area contributed by atoms with E-state index in [1.54, 1.807) is 7.05 Å². The van der Waals surface area contributed by atoms with Crippen molar-refractivity contribution in [3.8, 4) is 0 Å². The highest BCUT2D eigenvalue weighted by molar-refractivity contribution is 5.89. The summed E-state index contributed by atoms with van der Waals surface area (Å²) in [7, 11) is 1.75. The van der Waals surface area contributed by atoms with E-state index in [-0.39, 0.29) is 24.2 Å². The average molecular weight is 227 g/mol. The number of esters is 1. The Bertz CT molecular complexity index is 307. The van der Waals surface area contributed by atoms with Crippen LogP contribution in [0.4, 0.5) is 0 Å². The zero-order valence-electron chi connectivity index (χ0n) is 9.58. The molecule has 2 N–H and O–H groups in total. The van der Waals surface area contributed by atoms with Crippen molar-refractivity contribution in [1.29, 1.82) is 0 Å². The van der Waals surface area contributed by atoms with Crippen LogP contribution in [0.5, 0.6) is 0 Å². The molecule has 0 aromatic carbocycles. The van der Waals surface area contributed by atoms with Crippen LogP contribution in [-0.2, 0) is 14.3 Å². The lowest BCUT2D eigenvalue weighted by Crippen LogP contribution is -2.18. The molecule has 0 aromatic heterocycles. The summed E-state index contributed by atoms with van der Waals surface area (Å²) >= 11 is 0. The van der Waals surface area contributed by atoms with Gasteiger partial charge in [-0.15, -0.1) is 0 Å². The van der Waals surface area contributed by atoms with Gasteiger partial charge in [-0.1, -0.05) is 12.7 Å². The molecule has 0 spiro atoms. The van der Waals surface area contributed by atoms with Crippen molar-refractivity contribution in [2.75, 3.05) is 20.2 Å². The predicted octanol–water partition coefficient (Wildman–Crippen LogP) is 0.726. The standard InChI is InChI=1S/C11H17NO4/c1-8(10(13)14)4-5-9(2)11(15)16-7-6-12-3/h4,12H,2,5-7H2,1,3H3,(H,13,14). The van der Waals surface area contributed by atoms with Gasteiger partial charge in [0.15, 0.2) is 0 Å². The number of carbonyl (C=O) groups is 2. The van der Waals surface area contributed by atoms with Crippen LogP contribution in [0.2, 0.25) is 0 Å². The van der Waals surface area contributed by atoms with Gasteiger partial charge in [-0.2, -0.15) is 0 Å². The molecule has 0 radical (unpaired) electrons. The van der Waals surface area contributed by atoms with Gasteiger partial charge in [-0.25, -0.2) is 9.59 Å². The lowest BCUT2D eigenvalue weighted by molar-refractivity contribution is -0.139. The summed E-state index contributed by atoms with van der Waals surface area (Å²) in [6.07, 6.45) is 1.63. The third kappa shape index (κ3) is 5.98. The number of allylic oxidation sites excluding steroid dienone is 1. The molecule has 0 atom stereocenters. The van der Waals surface area contributed by atoms with E-state index in [4.69, 9.17) is 9.84 Å². The van der Waals surface area contributed by atoms with Crippen LogP contribution < -0.4 is 5.32 Å². The number of hydrogen-bond donors (Lipinski definition) is 2. The van der Waals surface area contributed by atoms with Crippen LogP contribution in [-0.4, -0.2) is 37.2 Å². The van der Waals surface area contributed by atoms with Gasteiger partial charge in [0.2, 0.25) is 0 Å². The van der Waals surface area contributed by atoms with Crippen molar-refractivity contribution in [2.45, 2.75) is 13.3 Å². The topological polar surface area (TPSA) is 75.6 Å². The minimum Gasteiger partial charge on any atom is -0.478 e. The van der Waals surface area contributed by atoms with Crippen LogP contribution in [0.25, 0.3) is 0 Å². The molecule has 0 rings (SSSR count). The number of likely N-dealkylation sites (N-methyl/N-ethyl adjacent to an activating group) is 1. The van der Waals surface area contributed by atoms with Crippen LogP contribution in [0.3, 0.4) is 0 Å². The highest BCUT2D eigenvalue weighted by Crippen LogP contribution is 2.05. The molecule has 5 heteroatoms. The fourth-order valence-electron chi connectivity index (χ4n) is 0.795. The molecule has 0 saturated heterocycles. The molecule has 0 unspecified atom stereocenters. The quantitative estimate of drug-likeness (QED) is 0.381. The first-order chi connectivity index (χ1) is 7.49. The van der Waals surface area contributed by atoms with E-state index in [0.717, 1.165) is 0 Å². The van der Waals surface area contributed by atoms with Gasteiger partial charge in [0.25, 0.3) is 0 Å². The molecule has 0 bridgehead atoms. The number of carboxylic acids is 1. The molecule has 0 aliphatic rings. The summed E-state index contributed by atoms with van der Waals surface area (Å²) in [6.45, 7) is 5.84. The van der Waals surface area contributed by atoms with Crippen molar-refractivity contribution in [3.05, 3.63) is 23.8 Å². The molecule has 0 aromatic rings. The molecule has 16 heavy (non-hydrogen) atoms. The molecular weight excluding hydrogens is 210 g/mol. The maximum atomic E-state index is 11.3. The molecule has 0 amide bonds. The van der Waals surface area contributed by atoms with E-state index in [2.05, 4.69) is 11.9 Å². The zero-order chi connectivity index (χ0) is 12.6. The van der Waals surface area contributed by atoms with E-state index in [0.29, 0.717) is 6.54 Å². The average Bonchev–Trinajstić information content (AvgIpc) is 2.25. The number of ether oxygens (including phenoxy) is 1. The lowest BCUT2D eigenvalue weighted by atomic mass is 10.1. The van der Waals surface area contributed by atoms with Crippen LogP contribution in [0.1, 0.15) is 13.3 Å². The van der Waals surface area contributed by atoms with E-state index in [1.165, 1.54) is 13.0 Å². The van der Waals surface area contributed by atoms with E-state index < -0.39 is 11.9 Å². The van der Waals surface area contributed by atoms with Crippen molar-refractivity contribution < 1.29 is 19.4 Å². The Balaban J connectivity index is 4.02. The number of carbonyl (C=O) groups excluding carboxylic acids is 1. The second-order valence-corrected chi connectivity index (χ2v) is 3.24. The Morgan fingerprint density at radius 3 is 2.62 bits per heavy atom. The molecule has 0 fully saturated rings. The Kier molecular flexibility index (Phi) is 6.87. The van der Waals surface area contributed by atoms with Gasteiger partial charge in [0, 0.05) is 17.7 Å². The van der Waals surface area contributed by atoms with Crippen molar-refractivity contribution in [1.82, 2.24) is 5.32 Å². The molecule has 0 saturated carbocycles. The van der Waals surface area contributed by atoms with Gasteiger partial charge in [-0.05, 0) is 20.4 Å². The molecule has 5 nitrogen and oxygen atoms in total. The molecule has 0 aliphatic heterocycles. The first-order valence-electron chi connectivity index (χ1n) is 4.88. The number of hydrogen-bond acceptors (Lipinski definition) is 4. The minimum atomic E-state index is -1.00. The Labute approximate surface area is 94.8 Å². The van der Waals surface area contributed by atoms with E-state index >= 15 is 0 Å². The minimum absolute atomic E-state index is 0.184. The highest BCUT2D eigenvalue weighted by Gasteiger charge is 2.07. The second-order valence-electron chi connectivity index (χ2n) is 3.24. The summed E-state index contributed by atoms with van der Waals surface area (Å²) in [6, 6.07) is 0. The van der Waals surface area contributed by atoms with E-state index in [9.17, 15) is 9.59 Å². The third-order valence-corrected chi connectivity index (χ3v) is 1.87. The summed E-state index contributed by atoms with van der Waals surface area (Å²) < 4.78 is 4.86. The lowest BCUT2D eigenvalue weighted by Gasteiger charge is -2.05. The zero-order valence-corrected chi connectivity index (χ0v) is 9.58. The fourth-order valence-corrected chi connectivity index (χ4v) is 0.795. The number of rotatable bonds is 7. The first-order valence-corrected chi connectivity index (χ1v) is 4.88. The maximum absolute atomic E-state index is 11.3. The summed E-state index contributed by atoms with van der Waals surface area (Å²) in [5.41, 5.74) is 0.431. The van der Waals surface area contributed by atoms with Crippen LogP contribution in [0, 0.1) is 0 Å². The smallest absolute Gasteiger partial charge is 0.333 e. The Morgan fingerprint density at radius 2 is 2.12 bits per heavy atom. The fraction of sp³-hybridized carbons (Fsp3) is 0.455. The highest BCUT2D eigenvalue weighted by atomic mass is 16.5. The monoisotopic (exact) mass is 227 g/mol. The largest absolute Gasteiger partial charge is 0.478 e. The van der Waals surface area contributed by atoms with Crippen molar-refractivity contribution in [3.63, 3.8) is 0 Å². The number of carboxylic acid groups (broad SMARTS) is 1.